The standard InChI is InChI=1S/C23H25FN4O/c1-27(2)23(18-6-4-3-5-7-18)12-10-22(11-13-23)16-28(21(29)26-22)20-9-8-17(15-25)14-19(20)24/h3-9,14H,10-13,16H2,1-2H3,(H,26,29)/t22-,23+. The van der Waals surface area contributed by atoms with Crippen LogP contribution in [0.1, 0.15) is 36.8 Å². The Bertz CT molecular complexity index is 959. The minimum Gasteiger partial charge on any atom is -0.330 e. The van der Waals surface area contributed by atoms with E-state index in [0.717, 1.165) is 25.7 Å². The van der Waals surface area contributed by atoms with Crippen molar-refractivity contribution >= 4 is 11.7 Å². The molecule has 2 aliphatic rings. The van der Waals surface area contributed by atoms with Gasteiger partial charge in [0.15, 0.2) is 0 Å². The first-order chi connectivity index (χ1) is 13.9. The summed E-state index contributed by atoms with van der Waals surface area (Å²) in [6.07, 6.45) is 3.46. The van der Waals surface area contributed by atoms with E-state index in [9.17, 15) is 9.18 Å². The lowest BCUT2D eigenvalue weighted by atomic mass is 9.69. The molecule has 2 fully saturated rings. The van der Waals surface area contributed by atoms with Crippen LogP contribution in [-0.4, -0.2) is 37.1 Å². The van der Waals surface area contributed by atoms with E-state index in [0.29, 0.717) is 6.54 Å². The third-order valence-corrected chi connectivity index (χ3v) is 6.65. The van der Waals surface area contributed by atoms with Crippen molar-refractivity contribution in [1.82, 2.24) is 10.2 Å². The predicted molar refractivity (Wildman–Crippen MR) is 110 cm³/mol. The minimum absolute atomic E-state index is 0.0651. The maximum atomic E-state index is 14.5. The van der Waals surface area contributed by atoms with Gasteiger partial charge in [0.25, 0.3) is 0 Å². The van der Waals surface area contributed by atoms with Crippen LogP contribution in [0.3, 0.4) is 0 Å². The van der Waals surface area contributed by atoms with Crippen LogP contribution in [0, 0.1) is 17.1 Å². The Balaban J connectivity index is 1.56. The minimum atomic E-state index is -0.543. The second-order valence-corrected chi connectivity index (χ2v) is 8.37. The lowest BCUT2D eigenvalue weighted by Crippen LogP contribution is -2.54. The monoisotopic (exact) mass is 392 g/mol. The summed E-state index contributed by atoms with van der Waals surface area (Å²) < 4.78 is 14.5. The van der Waals surface area contributed by atoms with E-state index in [1.54, 1.807) is 6.07 Å². The zero-order valence-corrected chi connectivity index (χ0v) is 16.8. The van der Waals surface area contributed by atoms with E-state index in [1.807, 2.05) is 12.1 Å². The Hall–Kier alpha value is -2.91. The third kappa shape index (κ3) is 3.26. The van der Waals surface area contributed by atoms with Gasteiger partial charge in [0.05, 0.1) is 29.4 Å². The quantitative estimate of drug-likeness (QED) is 0.859. The average molecular weight is 392 g/mol. The molecule has 1 aliphatic carbocycles. The van der Waals surface area contributed by atoms with E-state index in [-0.39, 0.29) is 28.4 Å². The zero-order chi connectivity index (χ0) is 20.6. The highest BCUT2D eigenvalue weighted by Gasteiger charge is 2.50. The predicted octanol–water partition coefficient (Wildman–Crippen LogP) is 4.00. The summed E-state index contributed by atoms with van der Waals surface area (Å²) in [5, 5.41) is 12.1. The molecule has 1 N–H and O–H groups in total. The molecule has 1 saturated carbocycles. The maximum absolute atomic E-state index is 14.5. The number of urea groups is 1. The zero-order valence-electron chi connectivity index (χ0n) is 16.8. The normalized spacial score (nSPS) is 26.6. The number of halogens is 1. The van der Waals surface area contributed by atoms with Crippen LogP contribution in [0.15, 0.2) is 48.5 Å². The molecule has 0 bridgehead atoms. The van der Waals surface area contributed by atoms with Gasteiger partial charge in [0, 0.05) is 5.54 Å². The maximum Gasteiger partial charge on any atom is 0.322 e. The van der Waals surface area contributed by atoms with Gasteiger partial charge >= 0.3 is 6.03 Å². The lowest BCUT2D eigenvalue weighted by molar-refractivity contribution is 0.0657. The molecule has 2 aromatic carbocycles. The van der Waals surface area contributed by atoms with Gasteiger partial charge in [-0.3, -0.25) is 9.80 Å². The van der Waals surface area contributed by atoms with Crippen molar-refractivity contribution in [2.45, 2.75) is 36.8 Å². The van der Waals surface area contributed by atoms with Crippen molar-refractivity contribution in [1.29, 1.82) is 5.26 Å². The number of carbonyl (C=O) groups is 1. The molecule has 150 valence electrons. The SMILES string of the molecule is CN(C)[C@]1(c2ccccc2)CC[C@]2(CC1)CN(c1ccc(C#N)cc1F)C(=O)N2. The van der Waals surface area contributed by atoms with E-state index in [2.05, 4.69) is 48.6 Å². The van der Waals surface area contributed by atoms with Crippen LogP contribution in [0.25, 0.3) is 0 Å². The molecule has 1 spiro atoms. The number of anilines is 1. The van der Waals surface area contributed by atoms with Gasteiger partial charge in [-0.2, -0.15) is 5.26 Å². The van der Waals surface area contributed by atoms with Gasteiger partial charge in [0.1, 0.15) is 5.82 Å². The molecule has 5 nitrogen and oxygen atoms in total. The van der Waals surface area contributed by atoms with Crippen LogP contribution in [0.5, 0.6) is 0 Å². The van der Waals surface area contributed by atoms with Crippen molar-refractivity contribution in [3.8, 4) is 6.07 Å². The largest absolute Gasteiger partial charge is 0.330 e. The fourth-order valence-corrected chi connectivity index (χ4v) is 4.87. The Morgan fingerprint density at radius 2 is 1.79 bits per heavy atom. The van der Waals surface area contributed by atoms with Crippen LogP contribution in [0.4, 0.5) is 14.9 Å². The van der Waals surface area contributed by atoms with Crippen molar-refractivity contribution in [3.05, 3.63) is 65.5 Å². The molecule has 1 saturated heterocycles. The van der Waals surface area contributed by atoms with Crippen molar-refractivity contribution < 1.29 is 9.18 Å². The van der Waals surface area contributed by atoms with E-state index < -0.39 is 5.82 Å². The molecule has 6 heteroatoms. The topological polar surface area (TPSA) is 59.4 Å². The highest BCUT2D eigenvalue weighted by molar-refractivity contribution is 5.95. The molecular weight excluding hydrogens is 367 g/mol. The number of benzene rings is 2. The molecule has 4 rings (SSSR count). The molecular formula is C23H25FN4O. The summed E-state index contributed by atoms with van der Waals surface area (Å²) in [4.78, 5) is 16.4. The van der Waals surface area contributed by atoms with Gasteiger partial charge in [0.2, 0.25) is 0 Å². The number of amides is 2. The first kappa shape index (κ1) is 19.4. The Morgan fingerprint density at radius 1 is 1.10 bits per heavy atom. The fraction of sp³-hybridized carbons (Fsp3) is 0.391. The second-order valence-electron chi connectivity index (χ2n) is 8.37. The van der Waals surface area contributed by atoms with Crippen molar-refractivity contribution in [2.24, 2.45) is 0 Å². The Kier molecular flexibility index (Phi) is 4.79. The summed E-state index contributed by atoms with van der Waals surface area (Å²) in [6.45, 7) is 0.437. The highest BCUT2D eigenvalue weighted by Crippen LogP contribution is 2.46. The summed E-state index contributed by atoms with van der Waals surface area (Å²) >= 11 is 0. The first-order valence-electron chi connectivity index (χ1n) is 9.91. The number of hydrogen-bond donors (Lipinski definition) is 1. The fourth-order valence-electron chi connectivity index (χ4n) is 4.87. The smallest absolute Gasteiger partial charge is 0.322 e. The number of nitrogens with zero attached hydrogens (tertiary/aromatic N) is 3. The number of nitriles is 1. The lowest BCUT2D eigenvalue weighted by Gasteiger charge is -2.48. The van der Waals surface area contributed by atoms with Crippen LogP contribution in [0.2, 0.25) is 0 Å². The third-order valence-electron chi connectivity index (χ3n) is 6.65. The van der Waals surface area contributed by atoms with Crippen molar-refractivity contribution in [2.75, 3.05) is 25.5 Å². The molecule has 0 aromatic heterocycles. The van der Waals surface area contributed by atoms with E-state index in [1.165, 1.54) is 22.6 Å². The Morgan fingerprint density at radius 3 is 2.38 bits per heavy atom. The molecule has 1 heterocycles. The second kappa shape index (κ2) is 7.16. The molecule has 0 unspecified atom stereocenters. The van der Waals surface area contributed by atoms with Gasteiger partial charge < -0.3 is 5.32 Å². The number of nitrogens with one attached hydrogen (secondary N) is 1. The van der Waals surface area contributed by atoms with Gasteiger partial charge in [-0.1, -0.05) is 30.3 Å². The summed E-state index contributed by atoms with van der Waals surface area (Å²) in [5.41, 5.74) is 1.35. The van der Waals surface area contributed by atoms with E-state index in [4.69, 9.17) is 5.26 Å². The number of hydrogen-bond acceptors (Lipinski definition) is 3. The average Bonchev–Trinajstić information content (AvgIpc) is 3.04. The van der Waals surface area contributed by atoms with Crippen LogP contribution in [-0.2, 0) is 5.54 Å². The van der Waals surface area contributed by atoms with Gasteiger partial charge in [-0.15, -0.1) is 0 Å². The molecule has 0 atom stereocenters. The molecule has 2 aromatic rings. The van der Waals surface area contributed by atoms with E-state index >= 15 is 0 Å². The first-order valence-corrected chi connectivity index (χ1v) is 9.91. The van der Waals surface area contributed by atoms with Gasteiger partial charge in [-0.25, -0.2) is 9.18 Å². The molecule has 1 aliphatic heterocycles. The summed E-state index contributed by atoms with van der Waals surface area (Å²) in [6, 6.07) is 16.4. The number of carbonyl (C=O) groups excluding carboxylic acids is 1. The number of rotatable bonds is 3. The van der Waals surface area contributed by atoms with Crippen LogP contribution >= 0.6 is 0 Å². The molecule has 29 heavy (non-hydrogen) atoms. The molecule has 0 radical (unpaired) electrons. The Labute approximate surface area is 170 Å². The summed E-state index contributed by atoms with van der Waals surface area (Å²) in [5.74, 6) is -0.543. The van der Waals surface area contributed by atoms with Crippen molar-refractivity contribution in [3.63, 3.8) is 0 Å². The van der Waals surface area contributed by atoms with Gasteiger partial charge in [-0.05, 0) is 63.5 Å². The highest BCUT2D eigenvalue weighted by atomic mass is 19.1. The van der Waals surface area contributed by atoms with Crippen LogP contribution < -0.4 is 10.2 Å². The summed E-state index contributed by atoms with van der Waals surface area (Å²) in [7, 11) is 4.22. The molecule has 2 amide bonds.